The predicted molar refractivity (Wildman–Crippen MR) is 94.0 cm³/mol. The van der Waals surface area contributed by atoms with E-state index in [-0.39, 0.29) is 11.5 Å². The maximum absolute atomic E-state index is 13.0. The van der Waals surface area contributed by atoms with Gasteiger partial charge in [-0.2, -0.15) is 5.10 Å². The number of fused-ring (bicyclic) bond motifs is 2. The molecule has 0 saturated carbocycles. The monoisotopic (exact) mass is 375 g/mol. The van der Waals surface area contributed by atoms with Crippen LogP contribution in [-0.4, -0.2) is 53.9 Å². The van der Waals surface area contributed by atoms with Crippen LogP contribution in [0.4, 0.5) is 0 Å². The lowest BCUT2D eigenvalue weighted by Crippen LogP contribution is -2.38. The number of aromatic nitrogens is 4. The fourth-order valence-electron chi connectivity index (χ4n) is 3.14. The van der Waals surface area contributed by atoms with Gasteiger partial charge in [0.15, 0.2) is 0 Å². The number of nitrogens with zero attached hydrogens (tertiary/aromatic N) is 4. The average molecular weight is 375 g/mol. The first-order chi connectivity index (χ1) is 12.5. The average Bonchev–Trinajstić information content (AvgIpc) is 3.21. The van der Waals surface area contributed by atoms with Crippen LogP contribution < -0.4 is 5.56 Å². The van der Waals surface area contributed by atoms with Gasteiger partial charge in [-0.1, -0.05) is 0 Å². The van der Waals surface area contributed by atoms with Crippen molar-refractivity contribution < 1.29 is 15.0 Å². The third-order valence-electron chi connectivity index (χ3n) is 4.55. The summed E-state index contributed by atoms with van der Waals surface area (Å²) in [5, 5.41) is 23.5. The lowest BCUT2D eigenvalue weighted by Gasteiger charge is -2.27. The van der Waals surface area contributed by atoms with Gasteiger partial charge in [0, 0.05) is 6.54 Å². The molecule has 9 nitrogen and oxygen atoms in total. The molecule has 0 spiro atoms. The summed E-state index contributed by atoms with van der Waals surface area (Å²) in [5.74, 6) is -0.151. The van der Waals surface area contributed by atoms with E-state index in [9.17, 15) is 14.7 Å². The third-order valence-corrected chi connectivity index (χ3v) is 5.73. The van der Waals surface area contributed by atoms with E-state index in [2.05, 4.69) is 15.1 Å². The lowest BCUT2D eigenvalue weighted by atomic mass is 10.2. The fourth-order valence-corrected chi connectivity index (χ4v) is 4.26. The Kier molecular flexibility index (Phi) is 4.10. The van der Waals surface area contributed by atoms with Crippen molar-refractivity contribution in [1.82, 2.24) is 24.6 Å². The minimum atomic E-state index is -1.03. The van der Waals surface area contributed by atoms with E-state index in [0.29, 0.717) is 46.0 Å². The van der Waals surface area contributed by atoms with Gasteiger partial charge in [0.05, 0.1) is 47.7 Å². The molecule has 26 heavy (non-hydrogen) atoms. The summed E-state index contributed by atoms with van der Waals surface area (Å²) in [6, 6.07) is 1.70. The summed E-state index contributed by atoms with van der Waals surface area (Å²) in [6.45, 7) is 2.68. The van der Waals surface area contributed by atoms with Gasteiger partial charge >= 0.3 is 0 Å². The van der Waals surface area contributed by atoms with Crippen molar-refractivity contribution in [3.63, 3.8) is 0 Å². The van der Waals surface area contributed by atoms with Crippen LogP contribution in [0.1, 0.15) is 32.7 Å². The molecule has 0 aromatic carbocycles. The first kappa shape index (κ1) is 16.9. The smallest absolute Gasteiger partial charge is 0.264 e. The van der Waals surface area contributed by atoms with Crippen LogP contribution in [0.2, 0.25) is 0 Å². The summed E-state index contributed by atoms with van der Waals surface area (Å²) in [7, 11) is 0. The number of aromatic amines is 1. The summed E-state index contributed by atoms with van der Waals surface area (Å²) < 4.78 is 1.74. The summed E-state index contributed by atoms with van der Waals surface area (Å²) in [4.78, 5) is 34.4. The zero-order valence-electron chi connectivity index (χ0n) is 14.0. The number of hydrogen-bond donors (Lipinski definition) is 3. The van der Waals surface area contributed by atoms with Crippen LogP contribution in [0.15, 0.2) is 17.2 Å². The molecule has 3 N–H and O–H groups in total. The topological polar surface area (TPSA) is 124 Å². The third kappa shape index (κ3) is 2.62. The standard InChI is InChI=1S/C16H17N5O4S/c1-8-12-14(24)17-7-18-15(12)26-13(8)16(25)20-2-3-21-9(5-20)4-10(19-21)11(23)6-22/h4,7,11,22-23H,2-3,5-6H2,1H3,(H,17,18,24)/t11-/m1/s1. The van der Waals surface area contributed by atoms with Gasteiger partial charge in [0.2, 0.25) is 0 Å². The molecule has 136 valence electrons. The minimum absolute atomic E-state index is 0.151. The Morgan fingerprint density at radius 3 is 3.00 bits per heavy atom. The molecule has 0 fully saturated rings. The molecule has 0 saturated heterocycles. The highest BCUT2D eigenvalue weighted by atomic mass is 32.1. The normalized spacial score (nSPS) is 15.3. The van der Waals surface area contributed by atoms with E-state index in [1.165, 1.54) is 17.7 Å². The van der Waals surface area contributed by atoms with Gasteiger partial charge < -0.3 is 20.1 Å². The van der Waals surface area contributed by atoms with Gasteiger partial charge in [0.25, 0.3) is 11.5 Å². The van der Waals surface area contributed by atoms with Crippen molar-refractivity contribution in [2.75, 3.05) is 13.2 Å². The Hall–Kier alpha value is -2.56. The number of aliphatic hydroxyl groups excluding tert-OH is 2. The molecule has 0 bridgehead atoms. The fraction of sp³-hybridized carbons (Fsp3) is 0.375. The molecular formula is C16H17N5O4S. The van der Waals surface area contributed by atoms with E-state index in [1.807, 2.05) is 0 Å². The van der Waals surface area contributed by atoms with Gasteiger partial charge in [-0.05, 0) is 18.6 Å². The molecule has 3 aromatic rings. The van der Waals surface area contributed by atoms with E-state index >= 15 is 0 Å². The molecule has 10 heteroatoms. The van der Waals surface area contributed by atoms with Gasteiger partial charge in [-0.15, -0.1) is 11.3 Å². The van der Waals surface area contributed by atoms with Crippen molar-refractivity contribution >= 4 is 27.5 Å². The van der Waals surface area contributed by atoms with Gasteiger partial charge in [-0.3, -0.25) is 14.3 Å². The number of aryl methyl sites for hydroxylation is 1. The molecule has 4 heterocycles. The SMILES string of the molecule is Cc1c(C(=O)N2CCn3nc([C@H](O)CO)cc3C2)sc2nc[nH]c(=O)c12. The van der Waals surface area contributed by atoms with Crippen LogP contribution in [-0.2, 0) is 13.1 Å². The predicted octanol–water partition coefficient (Wildman–Crippen LogP) is 0.171. The Balaban J connectivity index is 1.64. The second kappa shape index (κ2) is 6.31. The van der Waals surface area contributed by atoms with Crippen LogP contribution in [0.3, 0.4) is 0 Å². The van der Waals surface area contributed by atoms with Crippen LogP contribution in [0.5, 0.6) is 0 Å². The van der Waals surface area contributed by atoms with Crippen LogP contribution in [0.25, 0.3) is 10.2 Å². The largest absolute Gasteiger partial charge is 0.393 e. The molecule has 1 atom stereocenters. The zero-order chi connectivity index (χ0) is 18.4. The molecule has 0 radical (unpaired) electrons. The number of carbonyl (C=O) groups excluding carboxylic acids is 1. The van der Waals surface area contributed by atoms with Crippen LogP contribution in [0, 0.1) is 6.92 Å². The quantitative estimate of drug-likeness (QED) is 0.599. The Morgan fingerprint density at radius 2 is 2.27 bits per heavy atom. The number of rotatable bonds is 3. The van der Waals surface area contributed by atoms with E-state index in [4.69, 9.17) is 5.11 Å². The number of carbonyl (C=O) groups is 1. The molecule has 1 amide bonds. The molecule has 0 unspecified atom stereocenters. The second-order valence-corrected chi connectivity index (χ2v) is 7.18. The molecular weight excluding hydrogens is 358 g/mol. The van der Waals surface area contributed by atoms with E-state index < -0.39 is 12.7 Å². The highest BCUT2D eigenvalue weighted by molar-refractivity contribution is 7.20. The molecule has 1 aliphatic rings. The Labute approximate surface area is 151 Å². The van der Waals surface area contributed by atoms with Crippen molar-refractivity contribution in [2.24, 2.45) is 0 Å². The van der Waals surface area contributed by atoms with Crippen LogP contribution >= 0.6 is 11.3 Å². The number of nitrogens with one attached hydrogen (secondary N) is 1. The van der Waals surface area contributed by atoms with Gasteiger partial charge in [-0.25, -0.2) is 4.98 Å². The van der Waals surface area contributed by atoms with E-state index in [1.54, 1.807) is 22.6 Å². The van der Waals surface area contributed by atoms with Crippen molar-refractivity contribution in [3.05, 3.63) is 44.6 Å². The highest BCUT2D eigenvalue weighted by Gasteiger charge is 2.27. The molecule has 1 aliphatic heterocycles. The highest BCUT2D eigenvalue weighted by Crippen LogP contribution is 2.29. The Bertz CT molecular complexity index is 1050. The molecule has 0 aliphatic carbocycles. The first-order valence-corrected chi connectivity index (χ1v) is 8.93. The first-order valence-electron chi connectivity index (χ1n) is 8.11. The van der Waals surface area contributed by atoms with Crippen molar-refractivity contribution in [1.29, 1.82) is 0 Å². The van der Waals surface area contributed by atoms with E-state index in [0.717, 1.165) is 5.69 Å². The van der Waals surface area contributed by atoms with Gasteiger partial charge in [0.1, 0.15) is 10.9 Å². The number of H-pyrrole nitrogens is 1. The Morgan fingerprint density at radius 1 is 1.46 bits per heavy atom. The maximum atomic E-state index is 13.0. The van der Waals surface area contributed by atoms with Crippen molar-refractivity contribution in [2.45, 2.75) is 26.1 Å². The summed E-state index contributed by atoms with van der Waals surface area (Å²) in [6.07, 6.45) is 0.308. The number of thiophene rings is 1. The molecule has 4 rings (SSSR count). The summed E-state index contributed by atoms with van der Waals surface area (Å²) >= 11 is 1.22. The molecule has 3 aromatic heterocycles. The summed E-state index contributed by atoms with van der Waals surface area (Å²) in [5.41, 5.74) is 1.58. The second-order valence-electron chi connectivity index (χ2n) is 6.18. The maximum Gasteiger partial charge on any atom is 0.264 e. The number of aliphatic hydroxyl groups is 2. The minimum Gasteiger partial charge on any atom is -0.393 e. The lowest BCUT2D eigenvalue weighted by molar-refractivity contribution is 0.0709. The number of amides is 1. The zero-order valence-corrected chi connectivity index (χ0v) is 14.8. The number of hydrogen-bond acceptors (Lipinski definition) is 7. The van der Waals surface area contributed by atoms with Crippen molar-refractivity contribution in [3.8, 4) is 0 Å².